The number of likely N-dealkylation sites (N-methyl/N-ethyl adjacent to an activating group) is 1. The van der Waals surface area contributed by atoms with Gasteiger partial charge in [0.05, 0.1) is 18.2 Å². The smallest absolute Gasteiger partial charge is 0.239 e. The molecule has 1 atom stereocenters. The number of anilines is 1. The molecule has 0 saturated carbocycles. The Labute approximate surface area is 132 Å². The Kier molecular flexibility index (Phi) is 5.47. The van der Waals surface area contributed by atoms with Gasteiger partial charge in [-0.15, -0.1) is 0 Å². The molecule has 0 radical (unpaired) electrons. The van der Waals surface area contributed by atoms with Crippen molar-refractivity contribution in [1.82, 2.24) is 10.3 Å². The largest absolute Gasteiger partial charge is 0.387 e. The summed E-state index contributed by atoms with van der Waals surface area (Å²) in [5, 5.41) is 25.0. The van der Waals surface area contributed by atoms with Crippen LogP contribution < -0.4 is 10.2 Å². The first-order valence-corrected chi connectivity index (χ1v) is 7.58. The van der Waals surface area contributed by atoms with E-state index in [1.807, 2.05) is 22.9 Å². The molecule has 22 heavy (non-hydrogen) atoms. The summed E-state index contributed by atoms with van der Waals surface area (Å²) in [6, 6.07) is 7.16. The van der Waals surface area contributed by atoms with Crippen molar-refractivity contribution in [3.8, 4) is 6.07 Å². The summed E-state index contributed by atoms with van der Waals surface area (Å²) >= 11 is 1.50. The molecule has 1 amide bonds. The van der Waals surface area contributed by atoms with E-state index in [0.29, 0.717) is 11.4 Å². The molecule has 0 fully saturated rings. The topological polar surface area (TPSA) is 89.3 Å². The lowest BCUT2D eigenvalue weighted by Gasteiger charge is -2.18. The molecule has 0 aliphatic heterocycles. The Bertz CT molecular complexity index is 649. The first kappa shape index (κ1) is 15.9. The maximum atomic E-state index is 11.9. The van der Waals surface area contributed by atoms with E-state index in [0.717, 1.165) is 5.56 Å². The number of rotatable bonds is 6. The van der Waals surface area contributed by atoms with Crippen LogP contribution >= 0.6 is 11.3 Å². The SMILES string of the molecule is CN(CC(=O)NC[C@@H](O)c1ccsc1)c1ccc(C#N)cn1. The summed E-state index contributed by atoms with van der Waals surface area (Å²) in [5.41, 5.74) is 1.27. The minimum absolute atomic E-state index is 0.120. The molecule has 6 nitrogen and oxygen atoms in total. The molecule has 7 heteroatoms. The monoisotopic (exact) mass is 316 g/mol. The van der Waals surface area contributed by atoms with Gasteiger partial charge in [-0.05, 0) is 34.5 Å². The molecule has 0 aliphatic carbocycles. The first-order chi connectivity index (χ1) is 10.6. The van der Waals surface area contributed by atoms with Crippen LogP contribution in [0.1, 0.15) is 17.2 Å². The lowest BCUT2D eigenvalue weighted by atomic mass is 10.2. The summed E-state index contributed by atoms with van der Waals surface area (Å²) in [5.74, 6) is 0.399. The van der Waals surface area contributed by atoms with Crippen molar-refractivity contribution < 1.29 is 9.90 Å². The van der Waals surface area contributed by atoms with Crippen LogP contribution in [0.3, 0.4) is 0 Å². The zero-order valence-corrected chi connectivity index (χ0v) is 12.9. The summed E-state index contributed by atoms with van der Waals surface area (Å²) in [6.45, 7) is 0.291. The van der Waals surface area contributed by atoms with Crippen LogP contribution in [0.2, 0.25) is 0 Å². The van der Waals surface area contributed by atoms with Crippen molar-refractivity contribution >= 4 is 23.1 Å². The van der Waals surface area contributed by atoms with Gasteiger partial charge in [0.2, 0.25) is 5.91 Å². The van der Waals surface area contributed by atoms with Gasteiger partial charge in [0, 0.05) is 19.8 Å². The van der Waals surface area contributed by atoms with Crippen molar-refractivity contribution in [3.63, 3.8) is 0 Å². The van der Waals surface area contributed by atoms with Crippen LogP contribution in [-0.2, 0) is 4.79 Å². The Morgan fingerprint density at radius 2 is 2.36 bits per heavy atom. The number of aromatic nitrogens is 1. The molecule has 2 N–H and O–H groups in total. The fourth-order valence-electron chi connectivity index (χ4n) is 1.82. The summed E-state index contributed by atoms with van der Waals surface area (Å²) in [7, 11) is 1.74. The van der Waals surface area contributed by atoms with Crippen molar-refractivity contribution in [2.24, 2.45) is 0 Å². The molecule has 2 heterocycles. The van der Waals surface area contributed by atoms with Gasteiger partial charge in [0.25, 0.3) is 0 Å². The Morgan fingerprint density at radius 3 is 2.95 bits per heavy atom. The van der Waals surface area contributed by atoms with E-state index in [-0.39, 0.29) is 19.0 Å². The molecular weight excluding hydrogens is 300 g/mol. The van der Waals surface area contributed by atoms with Gasteiger partial charge in [0.1, 0.15) is 11.9 Å². The molecular formula is C15H16N4O2S. The maximum Gasteiger partial charge on any atom is 0.239 e. The van der Waals surface area contributed by atoms with Crippen molar-refractivity contribution in [2.45, 2.75) is 6.10 Å². The Hall–Kier alpha value is -2.43. The minimum atomic E-state index is -0.700. The number of amides is 1. The van der Waals surface area contributed by atoms with E-state index < -0.39 is 6.10 Å². The highest BCUT2D eigenvalue weighted by molar-refractivity contribution is 7.07. The van der Waals surface area contributed by atoms with Crippen molar-refractivity contribution in [2.75, 3.05) is 25.0 Å². The second kappa shape index (κ2) is 7.54. The fourth-order valence-corrected chi connectivity index (χ4v) is 2.53. The molecule has 2 rings (SSSR count). The first-order valence-electron chi connectivity index (χ1n) is 6.64. The zero-order chi connectivity index (χ0) is 15.9. The molecule has 0 aromatic carbocycles. The number of nitrogens with zero attached hydrogens (tertiary/aromatic N) is 3. The van der Waals surface area contributed by atoms with Crippen molar-refractivity contribution in [3.05, 3.63) is 46.3 Å². The number of thiophene rings is 1. The second-order valence-electron chi connectivity index (χ2n) is 4.75. The third-order valence-corrected chi connectivity index (χ3v) is 3.77. The van der Waals surface area contributed by atoms with E-state index in [2.05, 4.69) is 10.3 Å². The van der Waals surface area contributed by atoms with Crippen LogP contribution in [-0.4, -0.2) is 36.1 Å². The van der Waals surface area contributed by atoms with E-state index in [1.54, 1.807) is 24.1 Å². The van der Waals surface area contributed by atoms with E-state index in [9.17, 15) is 9.90 Å². The number of nitriles is 1. The zero-order valence-electron chi connectivity index (χ0n) is 12.1. The van der Waals surface area contributed by atoms with E-state index >= 15 is 0 Å². The number of carbonyl (C=O) groups excluding carboxylic acids is 1. The average Bonchev–Trinajstić information content (AvgIpc) is 3.07. The summed E-state index contributed by atoms with van der Waals surface area (Å²) in [4.78, 5) is 17.7. The third-order valence-electron chi connectivity index (χ3n) is 3.07. The highest BCUT2D eigenvalue weighted by Gasteiger charge is 2.12. The van der Waals surface area contributed by atoms with Gasteiger partial charge in [-0.3, -0.25) is 4.79 Å². The van der Waals surface area contributed by atoms with Gasteiger partial charge < -0.3 is 15.3 Å². The highest BCUT2D eigenvalue weighted by atomic mass is 32.1. The molecule has 0 unspecified atom stereocenters. The number of hydrogen-bond acceptors (Lipinski definition) is 6. The fraction of sp³-hybridized carbons (Fsp3) is 0.267. The van der Waals surface area contributed by atoms with Crippen LogP contribution in [0, 0.1) is 11.3 Å². The quantitative estimate of drug-likeness (QED) is 0.838. The normalized spacial score (nSPS) is 11.5. The van der Waals surface area contributed by atoms with E-state index in [1.165, 1.54) is 17.5 Å². The predicted octanol–water partition coefficient (Wildman–Crippen LogP) is 1.30. The van der Waals surface area contributed by atoms with Gasteiger partial charge in [-0.2, -0.15) is 16.6 Å². The molecule has 114 valence electrons. The van der Waals surface area contributed by atoms with Crippen molar-refractivity contribution in [1.29, 1.82) is 5.26 Å². The standard InChI is InChI=1S/C15H16N4O2S/c1-19(14-3-2-11(6-16)7-17-14)9-15(21)18-8-13(20)12-4-5-22-10-12/h2-5,7,10,13,20H,8-9H2,1H3,(H,18,21)/t13-/m1/s1. The molecule has 0 spiro atoms. The van der Waals surface area contributed by atoms with Crippen LogP contribution in [0.5, 0.6) is 0 Å². The van der Waals surface area contributed by atoms with Crippen LogP contribution in [0.15, 0.2) is 35.2 Å². The van der Waals surface area contributed by atoms with Gasteiger partial charge in [0.15, 0.2) is 0 Å². The number of aliphatic hydroxyl groups excluding tert-OH is 1. The number of nitrogens with one attached hydrogen (secondary N) is 1. The predicted molar refractivity (Wildman–Crippen MR) is 84.5 cm³/mol. The Balaban J connectivity index is 1.82. The average molecular weight is 316 g/mol. The minimum Gasteiger partial charge on any atom is -0.387 e. The highest BCUT2D eigenvalue weighted by Crippen LogP contribution is 2.15. The molecule has 0 saturated heterocycles. The van der Waals surface area contributed by atoms with Crippen LogP contribution in [0.4, 0.5) is 5.82 Å². The summed E-state index contributed by atoms with van der Waals surface area (Å²) in [6.07, 6.45) is 0.762. The number of aliphatic hydroxyl groups is 1. The maximum absolute atomic E-state index is 11.9. The molecule has 0 bridgehead atoms. The van der Waals surface area contributed by atoms with E-state index in [4.69, 9.17) is 5.26 Å². The van der Waals surface area contributed by atoms with Crippen LogP contribution in [0.25, 0.3) is 0 Å². The number of hydrogen-bond donors (Lipinski definition) is 2. The Morgan fingerprint density at radius 1 is 1.55 bits per heavy atom. The number of carbonyl (C=O) groups is 1. The second-order valence-corrected chi connectivity index (χ2v) is 5.53. The number of pyridine rings is 1. The molecule has 0 aliphatic rings. The molecule has 2 aromatic heterocycles. The molecule has 2 aromatic rings. The van der Waals surface area contributed by atoms with Gasteiger partial charge >= 0.3 is 0 Å². The third kappa shape index (κ3) is 4.28. The lowest BCUT2D eigenvalue weighted by Crippen LogP contribution is -2.37. The van der Waals surface area contributed by atoms with Gasteiger partial charge in [-0.25, -0.2) is 4.98 Å². The van der Waals surface area contributed by atoms with Gasteiger partial charge in [-0.1, -0.05) is 0 Å². The lowest BCUT2D eigenvalue weighted by molar-refractivity contribution is -0.120. The summed E-state index contributed by atoms with van der Waals surface area (Å²) < 4.78 is 0.